The molecule has 4 heteroatoms. The summed E-state index contributed by atoms with van der Waals surface area (Å²) in [5.41, 5.74) is 5.76. The zero-order chi connectivity index (χ0) is 21.1. The summed E-state index contributed by atoms with van der Waals surface area (Å²) >= 11 is 0. The normalized spacial score (nSPS) is 15.7. The number of rotatable bonds is 8. The minimum Gasteiger partial charge on any atom is -0.481 e. The zero-order valence-corrected chi connectivity index (χ0v) is 18.1. The molecular formula is C26H32N2O2. The molecule has 1 unspecified atom stereocenters. The van der Waals surface area contributed by atoms with E-state index in [4.69, 9.17) is 4.98 Å². The van der Waals surface area contributed by atoms with Gasteiger partial charge in [-0.1, -0.05) is 49.6 Å². The second-order valence-electron chi connectivity index (χ2n) is 8.87. The van der Waals surface area contributed by atoms with Crippen LogP contribution in [0.3, 0.4) is 0 Å². The van der Waals surface area contributed by atoms with E-state index in [1.54, 1.807) is 0 Å². The van der Waals surface area contributed by atoms with Crippen molar-refractivity contribution in [3.63, 3.8) is 0 Å². The number of hydrogen-bond donors (Lipinski definition) is 1. The molecule has 0 aliphatic heterocycles. The lowest BCUT2D eigenvalue weighted by molar-refractivity contribution is -0.144. The predicted molar refractivity (Wildman–Crippen MR) is 122 cm³/mol. The monoisotopic (exact) mass is 404 g/mol. The Bertz CT molecular complexity index is 1020. The lowest BCUT2D eigenvalue weighted by Gasteiger charge is -2.19. The molecule has 1 aliphatic carbocycles. The Hall–Kier alpha value is -2.62. The van der Waals surface area contributed by atoms with E-state index >= 15 is 0 Å². The molecule has 1 N–H and O–H groups in total. The van der Waals surface area contributed by atoms with Gasteiger partial charge in [-0.3, -0.25) is 4.79 Å². The average molecular weight is 405 g/mol. The van der Waals surface area contributed by atoms with Crippen molar-refractivity contribution in [1.82, 2.24) is 9.55 Å². The maximum Gasteiger partial charge on any atom is 0.306 e. The van der Waals surface area contributed by atoms with Crippen LogP contribution in [-0.2, 0) is 11.3 Å². The third kappa shape index (κ3) is 4.28. The van der Waals surface area contributed by atoms with Crippen molar-refractivity contribution in [2.24, 2.45) is 11.8 Å². The fourth-order valence-electron chi connectivity index (χ4n) is 5.21. The molecule has 2 heterocycles. The van der Waals surface area contributed by atoms with Gasteiger partial charge in [0, 0.05) is 29.4 Å². The van der Waals surface area contributed by atoms with E-state index in [0.29, 0.717) is 5.92 Å². The maximum absolute atomic E-state index is 11.7. The molecule has 0 amide bonds. The lowest BCUT2D eigenvalue weighted by atomic mass is 9.87. The van der Waals surface area contributed by atoms with Gasteiger partial charge in [0.15, 0.2) is 0 Å². The first kappa shape index (κ1) is 20.6. The van der Waals surface area contributed by atoms with Crippen LogP contribution in [0.5, 0.6) is 0 Å². The first-order chi connectivity index (χ1) is 14.5. The first-order valence-corrected chi connectivity index (χ1v) is 11.3. The third-order valence-electron chi connectivity index (χ3n) is 6.69. The van der Waals surface area contributed by atoms with Crippen molar-refractivity contribution in [3.8, 4) is 11.1 Å². The van der Waals surface area contributed by atoms with E-state index in [-0.39, 0.29) is 5.92 Å². The van der Waals surface area contributed by atoms with Crippen molar-refractivity contribution >= 4 is 17.0 Å². The third-order valence-corrected chi connectivity index (χ3v) is 6.69. The molecule has 2 aromatic heterocycles. The number of aryl methyl sites for hydroxylation is 3. The van der Waals surface area contributed by atoms with Gasteiger partial charge in [0.2, 0.25) is 0 Å². The number of carboxylic acids is 1. The number of pyridine rings is 1. The predicted octanol–water partition coefficient (Wildman–Crippen LogP) is 6.38. The van der Waals surface area contributed by atoms with Gasteiger partial charge in [-0.15, -0.1) is 0 Å². The van der Waals surface area contributed by atoms with Gasteiger partial charge >= 0.3 is 5.97 Å². The number of hydrogen-bond acceptors (Lipinski definition) is 2. The number of carbonyl (C=O) groups is 1. The maximum atomic E-state index is 11.7. The molecule has 1 atom stereocenters. The lowest BCUT2D eigenvalue weighted by Crippen LogP contribution is -2.21. The van der Waals surface area contributed by atoms with Crippen LogP contribution in [0, 0.1) is 25.7 Å². The highest BCUT2D eigenvalue weighted by Crippen LogP contribution is 2.35. The van der Waals surface area contributed by atoms with E-state index in [1.807, 2.05) is 13.0 Å². The number of aliphatic carboxylic acids is 1. The minimum atomic E-state index is -0.604. The molecule has 158 valence electrons. The molecule has 1 aliphatic rings. The molecule has 4 nitrogen and oxygen atoms in total. The topological polar surface area (TPSA) is 55.1 Å². The number of fused-ring (bicyclic) bond motifs is 1. The Labute approximate surface area is 179 Å². The Morgan fingerprint density at radius 3 is 2.60 bits per heavy atom. The van der Waals surface area contributed by atoms with Crippen LogP contribution in [0.4, 0.5) is 0 Å². The van der Waals surface area contributed by atoms with Gasteiger partial charge < -0.3 is 9.67 Å². The van der Waals surface area contributed by atoms with E-state index in [0.717, 1.165) is 50.0 Å². The highest BCUT2D eigenvalue weighted by Gasteiger charge is 2.29. The van der Waals surface area contributed by atoms with Gasteiger partial charge in [0.1, 0.15) is 5.65 Å². The molecule has 1 aromatic carbocycles. The second kappa shape index (κ2) is 9.03. The van der Waals surface area contributed by atoms with Crippen LogP contribution in [0.25, 0.3) is 22.2 Å². The van der Waals surface area contributed by atoms with E-state index in [1.165, 1.54) is 34.9 Å². The minimum absolute atomic E-state index is 0.170. The van der Waals surface area contributed by atoms with E-state index < -0.39 is 5.97 Å². The van der Waals surface area contributed by atoms with Crippen molar-refractivity contribution in [1.29, 1.82) is 0 Å². The Balaban J connectivity index is 1.52. The summed E-state index contributed by atoms with van der Waals surface area (Å²) < 4.78 is 2.27. The molecular weight excluding hydrogens is 372 g/mol. The fourth-order valence-corrected chi connectivity index (χ4v) is 5.21. The van der Waals surface area contributed by atoms with Gasteiger partial charge in [0.05, 0.1) is 5.92 Å². The number of nitrogens with zero attached hydrogens (tertiary/aromatic N) is 2. The summed E-state index contributed by atoms with van der Waals surface area (Å²) in [6.07, 6.45) is 9.49. The summed E-state index contributed by atoms with van der Waals surface area (Å²) in [5.74, 6) is -0.393. The summed E-state index contributed by atoms with van der Waals surface area (Å²) in [5, 5.41) is 10.9. The van der Waals surface area contributed by atoms with E-state index in [2.05, 4.69) is 48.0 Å². The van der Waals surface area contributed by atoms with Crippen molar-refractivity contribution < 1.29 is 9.90 Å². The molecule has 1 saturated carbocycles. The Morgan fingerprint density at radius 2 is 1.90 bits per heavy atom. The standard InChI is InChI=1S/C26H32N2O2/c1-18-16-19(2)27-25-24(18)23(21-10-4-3-5-11-21)17-28(25)15-9-8-14-22(26(29)30)20-12-6-7-13-20/h3-5,10-11,16-17,20,22H,6-9,12-15H2,1-2H3,(H,29,30). The van der Waals surface area contributed by atoms with Crippen molar-refractivity contribution in [2.75, 3.05) is 0 Å². The number of aromatic nitrogens is 2. The van der Waals surface area contributed by atoms with Crippen molar-refractivity contribution in [3.05, 3.63) is 53.9 Å². The fraction of sp³-hybridized carbons (Fsp3) is 0.462. The van der Waals surface area contributed by atoms with Gasteiger partial charge in [-0.05, 0) is 62.6 Å². The summed E-state index contributed by atoms with van der Waals surface area (Å²) in [4.78, 5) is 16.6. The molecule has 0 bridgehead atoms. The number of benzene rings is 1. The quantitative estimate of drug-likeness (QED) is 0.443. The average Bonchev–Trinajstić information content (AvgIpc) is 3.37. The van der Waals surface area contributed by atoms with Crippen LogP contribution >= 0.6 is 0 Å². The molecule has 4 rings (SSSR count). The molecule has 1 fully saturated rings. The van der Waals surface area contributed by atoms with Crippen LogP contribution in [0.15, 0.2) is 42.6 Å². The highest BCUT2D eigenvalue weighted by atomic mass is 16.4. The Morgan fingerprint density at radius 1 is 1.17 bits per heavy atom. The SMILES string of the molecule is Cc1cc(C)c2c(-c3ccccc3)cn(CCCCC(C(=O)O)C3CCCC3)c2n1. The van der Waals surface area contributed by atoms with Crippen LogP contribution in [0.2, 0.25) is 0 Å². The number of unbranched alkanes of at least 4 members (excludes halogenated alkanes) is 1. The van der Waals surface area contributed by atoms with Crippen molar-refractivity contribution in [2.45, 2.75) is 65.3 Å². The summed E-state index contributed by atoms with van der Waals surface area (Å²) in [7, 11) is 0. The highest BCUT2D eigenvalue weighted by molar-refractivity contribution is 5.96. The number of carboxylic acid groups (broad SMARTS) is 1. The summed E-state index contributed by atoms with van der Waals surface area (Å²) in [6.45, 7) is 5.08. The van der Waals surface area contributed by atoms with Crippen LogP contribution < -0.4 is 0 Å². The van der Waals surface area contributed by atoms with Crippen LogP contribution in [0.1, 0.15) is 56.2 Å². The van der Waals surface area contributed by atoms with Crippen LogP contribution in [-0.4, -0.2) is 20.6 Å². The summed E-state index contributed by atoms with van der Waals surface area (Å²) in [6, 6.07) is 12.6. The molecule has 30 heavy (non-hydrogen) atoms. The molecule has 0 radical (unpaired) electrons. The molecule has 3 aromatic rings. The largest absolute Gasteiger partial charge is 0.481 e. The van der Waals surface area contributed by atoms with Gasteiger partial charge in [-0.2, -0.15) is 0 Å². The smallest absolute Gasteiger partial charge is 0.306 e. The Kier molecular flexibility index (Phi) is 6.21. The molecule has 0 saturated heterocycles. The van der Waals surface area contributed by atoms with Gasteiger partial charge in [-0.25, -0.2) is 4.98 Å². The molecule has 0 spiro atoms. The van der Waals surface area contributed by atoms with Gasteiger partial charge in [0.25, 0.3) is 0 Å². The van der Waals surface area contributed by atoms with E-state index in [9.17, 15) is 9.90 Å². The first-order valence-electron chi connectivity index (χ1n) is 11.3. The second-order valence-corrected chi connectivity index (χ2v) is 8.87. The zero-order valence-electron chi connectivity index (χ0n) is 18.1.